The fourth-order valence-corrected chi connectivity index (χ4v) is 4.88. The van der Waals surface area contributed by atoms with E-state index in [2.05, 4.69) is 0 Å². The minimum Gasteiger partial charge on any atom is -0.486 e. The first-order chi connectivity index (χ1) is 14.3. The molecule has 0 spiro atoms. The Kier molecular flexibility index (Phi) is 6.47. The molecule has 0 aromatic heterocycles. The first kappa shape index (κ1) is 21.8. The van der Waals surface area contributed by atoms with Gasteiger partial charge >= 0.3 is 0 Å². The summed E-state index contributed by atoms with van der Waals surface area (Å²) in [5, 5.41) is 11.7. The van der Waals surface area contributed by atoms with Gasteiger partial charge in [-0.2, -0.15) is 4.31 Å². The molecule has 0 saturated heterocycles. The van der Waals surface area contributed by atoms with E-state index < -0.39 is 14.9 Å². The van der Waals surface area contributed by atoms with Crippen molar-refractivity contribution in [1.82, 2.24) is 4.31 Å². The van der Waals surface area contributed by atoms with E-state index in [-0.39, 0.29) is 29.8 Å². The standard InChI is InChI=1S/C20H25N3O6S/c1-4-22(5-2)30(26,27)16-10-11-17(18(12-16)23(24)25)21(3)13-15-14-28-19-8-6-7-9-20(19)29-15/h6-12,15H,4-5,13-14H2,1-3H3/t15-/m1/s1. The topological polar surface area (TPSA) is 102 Å². The Balaban J connectivity index is 1.84. The highest BCUT2D eigenvalue weighted by Crippen LogP contribution is 2.34. The lowest BCUT2D eigenvalue weighted by molar-refractivity contribution is -0.384. The van der Waals surface area contributed by atoms with Crippen LogP contribution in [-0.4, -0.2) is 57.0 Å². The molecule has 1 aliphatic heterocycles. The van der Waals surface area contributed by atoms with Crippen LogP contribution < -0.4 is 14.4 Å². The number of para-hydroxylation sites is 2. The number of benzene rings is 2. The molecule has 0 radical (unpaired) electrons. The molecule has 1 heterocycles. The van der Waals surface area contributed by atoms with Gasteiger partial charge in [0, 0.05) is 26.2 Å². The Labute approximate surface area is 176 Å². The number of fused-ring (bicyclic) bond motifs is 1. The van der Waals surface area contributed by atoms with Crippen LogP contribution in [0.15, 0.2) is 47.4 Å². The molecule has 0 aliphatic carbocycles. The minimum absolute atomic E-state index is 0.0961. The number of nitro benzene ring substituents is 1. The van der Waals surface area contributed by atoms with Gasteiger partial charge in [0.15, 0.2) is 17.6 Å². The summed E-state index contributed by atoms with van der Waals surface area (Å²) in [6, 6.07) is 11.3. The smallest absolute Gasteiger partial charge is 0.293 e. The number of rotatable bonds is 8. The molecular weight excluding hydrogens is 410 g/mol. The van der Waals surface area contributed by atoms with Crippen LogP contribution in [0.2, 0.25) is 0 Å². The molecule has 2 aromatic carbocycles. The maximum Gasteiger partial charge on any atom is 0.293 e. The third-order valence-corrected chi connectivity index (χ3v) is 6.99. The van der Waals surface area contributed by atoms with Gasteiger partial charge in [-0.15, -0.1) is 0 Å². The Hall–Kier alpha value is -2.85. The van der Waals surface area contributed by atoms with E-state index >= 15 is 0 Å². The summed E-state index contributed by atoms with van der Waals surface area (Å²) in [7, 11) is -2.10. The van der Waals surface area contributed by atoms with Gasteiger partial charge in [-0.05, 0) is 24.3 Å². The van der Waals surface area contributed by atoms with Crippen molar-refractivity contribution in [1.29, 1.82) is 0 Å². The average molecular weight is 436 g/mol. The maximum atomic E-state index is 12.7. The highest BCUT2D eigenvalue weighted by atomic mass is 32.2. The molecular formula is C20H25N3O6S. The molecule has 0 fully saturated rings. The molecule has 10 heteroatoms. The van der Waals surface area contributed by atoms with Crippen molar-refractivity contribution in [2.45, 2.75) is 24.8 Å². The van der Waals surface area contributed by atoms with Crippen molar-refractivity contribution in [2.75, 3.05) is 38.2 Å². The summed E-state index contributed by atoms with van der Waals surface area (Å²) in [5.74, 6) is 1.28. The predicted molar refractivity (Wildman–Crippen MR) is 113 cm³/mol. The molecule has 162 valence electrons. The van der Waals surface area contributed by atoms with Gasteiger partial charge in [0.2, 0.25) is 10.0 Å². The number of anilines is 1. The normalized spacial score (nSPS) is 15.8. The summed E-state index contributed by atoms with van der Waals surface area (Å²) in [5.41, 5.74) is 0.0313. The van der Waals surface area contributed by atoms with Gasteiger partial charge in [0.05, 0.1) is 16.4 Å². The van der Waals surface area contributed by atoms with E-state index in [1.165, 1.54) is 16.4 Å². The van der Waals surface area contributed by atoms with Crippen LogP contribution in [0.25, 0.3) is 0 Å². The third-order valence-electron chi connectivity index (χ3n) is 4.94. The van der Waals surface area contributed by atoms with Crippen LogP contribution in [0.5, 0.6) is 11.5 Å². The van der Waals surface area contributed by atoms with Crippen LogP contribution in [-0.2, 0) is 10.0 Å². The Morgan fingerprint density at radius 1 is 1.13 bits per heavy atom. The minimum atomic E-state index is -3.79. The van der Waals surface area contributed by atoms with Crippen molar-refractivity contribution >= 4 is 21.4 Å². The number of hydrogen-bond donors (Lipinski definition) is 0. The quantitative estimate of drug-likeness (QED) is 0.464. The van der Waals surface area contributed by atoms with Crippen molar-refractivity contribution in [2.24, 2.45) is 0 Å². The largest absolute Gasteiger partial charge is 0.486 e. The van der Waals surface area contributed by atoms with Crippen molar-refractivity contribution < 1.29 is 22.8 Å². The third kappa shape index (κ3) is 4.34. The Bertz CT molecular complexity index is 1020. The summed E-state index contributed by atoms with van der Waals surface area (Å²) in [6.07, 6.45) is -0.330. The number of likely N-dealkylation sites (N-methyl/N-ethyl adjacent to an activating group) is 1. The number of ether oxygens (including phenoxy) is 2. The lowest BCUT2D eigenvalue weighted by Gasteiger charge is -2.30. The number of nitro groups is 1. The van der Waals surface area contributed by atoms with Gasteiger partial charge in [-0.25, -0.2) is 8.42 Å². The van der Waals surface area contributed by atoms with Gasteiger partial charge in [-0.3, -0.25) is 10.1 Å². The first-order valence-electron chi connectivity index (χ1n) is 9.66. The molecule has 0 amide bonds. The lowest BCUT2D eigenvalue weighted by atomic mass is 10.2. The summed E-state index contributed by atoms with van der Waals surface area (Å²) < 4.78 is 38.4. The van der Waals surface area contributed by atoms with E-state index in [1.54, 1.807) is 31.9 Å². The van der Waals surface area contributed by atoms with Gasteiger partial charge < -0.3 is 14.4 Å². The monoisotopic (exact) mass is 435 g/mol. The van der Waals surface area contributed by atoms with Crippen LogP contribution in [0.1, 0.15) is 13.8 Å². The van der Waals surface area contributed by atoms with Gasteiger partial charge in [-0.1, -0.05) is 26.0 Å². The Morgan fingerprint density at radius 3 is 2.43 bits per heavy atom. The van der Waals surface area contributed by atoms with Crippen LogP contribution in [0.4, 0.5) is 11.4 Å². The average Bonchev–Trinajstić information content (AvgIpc) is 2.73. The zero-order valence-electron chi connectivity index (χ0n) is 17.1. The fourth-order valence-electron chi connectivity index (χ4n) is 3.40. The van der Waals surface area contributed by atoms with E-state index in [1.807, 2.05) is 18.2 Å². The van der Waals surface area contributed by atoms with Crippen molar-refractivity contribution in [3.63, 3.8) is 0 Å². The number of hydrogen-bond acceptors (Lipinski definition) is 7. The second-order valence-electron chi connectivity index (χ2n) is 6.88. The highest BCUT2D eigenvalue weighted by molar-refractivity contribution is 7.89. The van der Waals surface area contributed by atoms with E-state index in [4.69, 9.17) is 9.47 Å². The van der Waals surface area contributed by atoms with Crippen molar-refractivity contribution in [3.05, 3.63) is 52.6 Å². The molecule has 1 aliphatic rings. The molecule has 0 unspecified atom stereocenters. The van der Waals surface area contributed by atoms with E-state index in [0.717, 1.165) is 6.07 Å². The van der Waals surface area contributed by atoms with Crippen LogP contribution in [0.3, 0.4) is 0 Å². The molecule has 0 saturated carbocycles. The molecule has 2 aromatic rings. The van der Waals surface area contributed by atoms with Crippen LogP contribution in [0, 0.1) is 10.1 Å². The predicted octanol–water partition coefficient (Wildman–Crippen LogP) is 2.90. The molecule has 9 nitrogen and oxygen atoms in total. The Morgan fingerprint density at radius 2 is 1.80 bits per heavy atom. The van der Waals surface area contributed by atoms with Crippen LogP contribution >= 0.6 is 0 Å². The second kappa shape index (κ2) is 8.88. The molecule has 3 rings (SSSR count). The lowest BCUT2D eigenvalue weighted by Crippen LogP contribution is -2.39. The summed E-state index contributed by atoms with van der Waals surface area (Å²) in [4.78, 5) is 12.7. The van der Waals surface area contributed by atoms with Crippen molar-refractivity contribution in [3.8, 4) is 11.5 Å². The van der Waals surface area contributed by atoms with Gasteiger partial charge in [0.25, 0.3) is 5.69 Å². The molecule has 0 N–H and O–H groups in total. The number of nitrogens with zero attached hydrogens (tertiary/aromatic N) is 3. The maximum absolute atomic E-state index is 12.7. The highest BCUT2D eigenvalue weighted by Gasteiger charge is 2.28. The zero-order valence-corrected chi connectivity index (χ0v) is 18.0. The SMILES string of the molecule is CCN(CC)S(=O)(=O)c1ccc(N(C)C[C@@H]2COc3ccccc3O2)c([N+](=O)[O-])c1. The molecule has 1 atom stereocenters. The summed E-state index contributed by atoms with van der Waals surface area (Å²) >= 11 is 0. The number of sulfonamides is 1. The van der Waals surface area contributed by atoms with E-state index in [0.29, 0.717) is 30.3 Å². The van der Waals surface area contributed by atoms with Gasteiger partial charge in [0.1, 0.15) is 12.3 Å². The first-order valence-corrected chi connectivity index (χ1v) is 11.1. The molecule has 0 bridgehead atoms. The fraction of sp³-hybridized carbons (Fsp3) is 0.400. The summed E-state index contributed by atoms with van der Waals surface area (Å²) in [6.45, 7) is 4.66. The van der Waals surface area contributed by atoms with E-state index in [9.17, 15) is 18.5 Å². The zero-order chi connectivity index (χ0) is 21.9. The molecule has 30 heavy (non-hydrogen) atoms. The second-order valence-corrected chi connectivity index (χ2v) is 8.81.